The first-order valence-electron chi connectivity index (χ1n) is 10.5. The summed E-state index contributed by atoms with van der Waals surface area (Å²) in [4.78, 5) is 28.9. The Hall–Kier alpha value is -3.59. The highest BCUT2D eigenvalue weighted by atomic mass is 19.1. The normalized spacial score (nSPS) is 18.3. The molecule has 3 aromatic rings. The summed E-state index contributed by atoms with van der Waals surface area (Å²) in [7, 11) is 0. The van der Waals surface area contributed by atoms with Crippen LogP contribution in [-0.2, 0) is 17.9 Å². The Balaban J connectivity index is 1.24. The Kier molecular flexibility index (Phi) is 5.40. The Labute approximate surface area is 184 Å². The van der Waals surface area contributed by atoms with Crippen molar-refractivity contribution in [2.45, 2.75) is 19.3 Å². The van der Waals surface area contributed by atoms with Crippen molar-refractivity contribution in [3.05, 3.63) is 82.9 Å². The van der Waals surface area contributed by atoms with Crippen molar-refractivity contribution in [3.63, 3.8) is 0 Å². The summed E-state index contributed by atoms with van der Waals surface area (Å²) in [6.07, 6.45) is -0.138. The maximum absolute atomic E-state index is 13.9. The molecule has 0 unspecified atom stereocenters. The van der Waals surface area contributed by atoms with Crippen LogP contribution in [0.1, 0.15) is 38.2 Å². The number of piperazine rings is 1. The molecule has 164 valence electrons. The second kappa shape index (κ2) is 8.51. The Morgan fingerprint density at radius 1 is 0.906 bits per heavy atom. The fraction of sp³-hybridized carbons (Fsp3) is 0.304. The van der Waals surface area contributed by atoms with E-state index in [9.17, 15) is 14.0 Å². The molecule has 1 aromatic heterocycles. The second-order valence-corrected chi connectivity index (χ2v) is 7.84. The number of hydrogen-bond donors (Lipinski definition) is 0. The first-order valence-corrected chi connectivity index (χ1v) is 10.5. The molecule has 0 bridgehead atoms. The van der Waals surface area contributed by atoms with Gasteiger partial charge in [-0.25, -0.2) is 9.07 Å². The number of hydrogen-bond acceptors (Lipinski definition) is 5. The second-order valence-electron chi connectivity index (χ2n) is 7.84. The van der Waals surface area contributed by atoms with Crippen LogP contribution in [0.4, 0.5) is 4.39 Å². The number of carbonyl (C=O) groups excluding carboxylic acids is 2. The van der Waals surface area contributed by atoms with Crippen LogP contribution >= 0.6 is 0 Å². The van der Waals surface area contributed by atoms with Gasteiger partial charge in [0.25, 0.3) is 11.8 Å². The first kappa shape index (κ1) is 20.3. The van der Waals surface area contributed by atoms with Gasteiger partial charge in [0.2, 0.25) is 0 Å². The van der Waals surface area contributed by atoms with Crippen molar-refractivity contribution in [3.8, 4) is 0 Å². The number of amides is 2. The molecule has 1 saturated heterocycles. The molecule has 32 heavy (non-hydrogen) atoms. The zero-order valence-electron chi connectivity index (χ0n) is 17.4. The first-order chi connectivity index (χ1) is 15.6. The molecule has 2 aliphatic rings. The molecule has 0 spiro atoms. The number of halogens is 1. The van der Waals surface area contributed by atoms with Gasteiger partial charge in [0.15, 0.2) is 5.69 Å². The maximum Gasteiger partial charge on any atom is 0.276 e. The summed E-state index contributed by atoms with van der Waals surface area (Å²) in [5, 5.41) is 8.30. The van der Waals surface area contributed by atoms with Crippen LogP contribution in [0.3, 0.4) is 0 Å². The number of nitrogens with zero attached hydrogens (tertiary/aromatic N) is 5. The quantitative estimate of drug-likeness (QED) is 0.631. The fourth-order valence-electron chi connectivity index (χ4n) is 4.11. The van der Waals surface area contributed by atoms with Crippen molar-refractivity contribution in [2.75, 3.05) is 26.2 Å². The van der Waals surface area contributed by atoms with Crippen LogP contribution in [0.25, 0.3) is 0 Å². The molecule has 0 radical (unpaired) electrons. The van der Waals surface area contributed by atoms with Crippen LogP contribution < -0.4 is 0 Å². The average Bonchev–Trinajstić information content (AvgIpc) is 3.27. The molecule has 8 nitrogen and oxygen atoms in total. The lowest BCUT2D eigenvalue weighted by atomic mass is 10.1. The zero-order valence-corrected chi connectivity index (χ0v) is 17.4. The van der Waals surface area contributed by atoms with Gasteiger partial charge in [-0.05, 0) is 17.7 Å². The van der Waals surface area contributed by atoms with E-state index in [1.807, 2.05) is 30.3 Å². The highest BCUT2D eigenvalue weighted by Gasteiger charge is 2.32. The number of rotatable bonds is 3. The Bertz CT molecular complexity index is 1140. The number of ether oxygens (including phenoxy) is 1. The third kappa shape index (κ3) is 3.75. The maximum atomic E-state index is 13.9. The van der Waals surface area contributed by atoms with Gasteiger partial charge in [-0.15, -0.1) is 5.10 Å². The third-order valence-corrected chi connectivity index (χ3v) is 5.93. The van der Waals surface area contributed by atoms with E-state index in [-0.39, 0.29) is 35.8 Å². The molecule has 1 atom stereocenters. The summed E-state index contributed by atoms with van der Waals surface area (Å²) in [6.45, 7) is 2.09. The summed E-state index contributed by atoms with van der Waals surface area (Å²) >= 11 is 0. The minimum Gasteiger partial charge on any atom is -0.365 e. The van der Waals surface area contributed by atoms with Gasteiger partial charge in [-0.1, -0.05) is 47.7 Å². The van der Waals surface area contributed by atoms with Gasteiger partial charge < -0.3 is 14.5 Å². The van der Waals surface area contributed by atoms with E-state index < -0.39 is 5.82 Å². The van der Waals surface area contributed by atoms with Crippen molar-refractivity contribution in [1.82, 2.24) is 24.8 Å². The van der Waals surface area contributed by atoms with E-state index in [1.165, 1.54) is 12.1 Å². The molecule has 2 aromatic carbocycles. The van der Waals surface area contributed by atoms with Gasteiger partial charge in [0.05, 0.1) is 24.4 Å². The van der Waals surface area contributed by atoms with E-state index in [0.717, 1.165) is 5.56 Å². The van der Waals surface area contributed by atoms with Crippen LogP contribution in [0, 0.1) is 5.82 Å². The van der Waals surface area contributed by atoms with E-state index in [0.29, 0.717) is 38.4 Å². The molecule has 2 aliphatic heterocycles. The summed E-state index contributed by atoms with van der Waals surface area (Å²) < 4.78 is 21.6. The summed E-state index contributed by atoms with van der Waals surface area (Å²) in [5.74, 6) is -1.14. The largest absolute Gasteiger partial charge is 0.365 e. The highest BCUT2D eigenvalue weighted by molar-refractivity contribution is 5.95. The van der Waals surface area contributed by atoms with E-state index in [1.54, 1.807) is 26.6 Å². The van der Waals surface area contributed by atoms with Gasteiger partial charge >= 0.3 is 0 Å². The number of benzene rings is 2. The topological polar surface area (TPSA) is 80.6 Å². The number of aromatic nitrogens is 3. The van der Waals surface area contributed by atoms with Crippen LogP contribution in [0.5, 0.6) is 0 Å². The molecule has 1 fully saturated rings. The number of fused-ring (bicyclic) bond motifs is 1. The summed E-state index contributed by atoms with van der Waals surface area (Å²) in [5.41, 5.74) is 2.04. The molecule has 5 rings (SSSR count). The lowest BCUT2D eigenvalue weighted by Crippen LogP contribution is -2.51. The van der Waals surface area contributed by atoms with Crippen LogP contribution in [0.2, 0.25) is 0 Å². The number of carbonyl (C=O) groups is 2. The van der Waals surface area contributed by atoms with Crippen LogP contribution in [-0.4, -0.2) is 62.8 Å². The molecule has 2 amide bonds. The predicted molar refractivity (Wildman–Crippen MR) is 112 cm³/mol. The SMILES string of the molecule is O=C(c1ccccc1F)N1CCN(C(=O)c2nnn3c2CO[C@@H](c2ccccc2)C3)CC1. The molecule has 9 heteroatoms. The molecule has 0 N–H and O–H groups in total. The van der Waals surface area contributed by atoms with Crippen molar-refractivity contribution in [1.29, 1.82) is 0 Å². The van der Waals surface area contributed by atoms with Crippen LogP contribution in [0.15, 0.2) is 54.6 Å². The Morgan fingerprint density at radius 3 is 2.28 bits per heavy atom. The van der Waals surface area contributed by atoms with E-state index in [2.05, 4.69) is 10.3 Å². The lowest BCUT2D eigenvalue weighted by molar-refractivity contribution is -0.00202. The fourth-order valence-corrected chi connectivity index (χ4v) is 4.11. The summed E-state index contributed by atoms with van der Waals surface area (Å²) in [6, 6.07) is 15.8. The van der Waals surface area contributed by atoms with Crippen molar-refractivity contribution in [2.24, 2.45) is 0 Å². The molecular formula is C23H22FN5O3. The Morgan fingerprint density at radius 2 is 1.56 bits per heavy atom. The van der Waals surface area contributed by atoms with Gasteiger partial charge in [0, 0.05) is 26.2 Å². The minimum atomic E-state index is -0.541. The van der Waals surface area contributed by atoms with Crippen molar-refractivity contribution < 1.29 is 18.7 Å². The van der Waals surface area contributed by atoms with Gasteiger partial charge in [-0.3, -0.25) is 9.59 Å². The van der Waals surface area contributed by atoms with E-state index in [4.69, 9.17) is 4.74 Å². The van der Waals surface area contributed by atoms with E-state index >= 15 is 0 Å². The van der Waals surface area contributed by atoms with Gasteiger partial charge in [-0.2, -0.15) is 0 Å². The lowest BCUT2D eigenvalue weighted by Gasteiger charge is -2.34. The van der Waals surface area contributed by atoms with Crippen molar-refractivity contribution >= 4 is 11.8 Å². The standard InChI is InChI=1S/C23H22FN5O3/c24-18-9-5-4-8-17(18)22(30)27-10-12-28(13-11-27)23(31)21-19-15-32-20(14-29(19)26-25-21)16-6-2-1-3-7-16/h1-9,20H,10-15H2/t20-/m1/s1. The molecular weight excluding hydrogens is 413 g/mol. The van der Waals surface area contributed by atoms with Gasteiger partial charge in [0.1, 0.15) is 11.9 Å². The third-order valence-electron chi connectivity index (χ3n) is 5.93. The highest BCUT2D eigenvalue weighted by Crippen LogP contribution is 2.27. The molecule has 3 heterocycles. The predicted octanol–water partition coefficient (Wildman–Crippen LogP) is 2.29. The zero-order chi connectivity index (χ0) is 22.1. The molecule has 0 aliphatic carbocycles. The monoisotopic (exact) mass is 435 g/mol. The average molecular weight is 435 g/mol. The minimum absolute atomic E-state index is 0.0461. The molecule has 0 saturated carbocycles. The smallest absolute Gasteiger partial charge is 0.276 e.